The SMILES string of the molecule is CCCCCCCCC(=O)OCCOCCOCCOCCOCCOCCOCCOCCOCCOCCOCCOCCOS(=O)(=O)c1ccccc1. The number of ether oxygens (including phenoxy) is 12. The van der Waals surface area contributed by atoms with Crippen LogP contribution in [0.25, 0.3) is 0 Å². The van der Waals surface area contributed by atoms with Crippen LogP contribution in [-0.4, -0.2) is 173 Å². The minimum Gasteiger partial charge on any atom is -0.463 e. The second-order valence-corrected chi connectivity index (χ2v) is 13.7. The predicted octanol–water partition coefficient (Wildman–Crippen LogP) is 3.87. The van der Waals surface area contributed by atoms with Crippen molar-refractivity contribution in [2.45, 2.75) is 56.8 Å². The van der Waals surface area contributed by atoms with Crippen LogP contribution >= 0.6 is 0 Å². The van der Waals surface area contributed by atoms with Crippen molar-refractivity contribution in [1.29, 1.82) is 0 Å². The number of hydrogen-bond acceptors (Lipinski definition) is 16. The zero-order valence-corrected chi connectivity index (χ0v) is 34.6. The van der Waals surface area contributed by atoms with E-state index in [1.54, 1.807) is 18.2 Å². The van der Waals surface area contributed by atoms with Gasteiger partial charge in [-0.25, -0.2) is 0 Å². The lowest BCUT2D eigenvalue weighted by molar-refractivity contribution is -0.145. The Morgan fingerprint density at radius 2 is 0.714 bits per heavy atom. The largest absolute Gasteiger partial charge is 0.463 e. The molecule has 1 rings (SSSR count). The van der Waals surface area contributed by atoms with Crippen molar-refractivity contribution >= 4 is 16.1 Å². The molecular formula is C39H70O16S. The third kappa shape index (κ3) is 36.5. The van der Waals surface area contributed by atoms with E-state index in [2.05, 4.69) is 6.92 Å². The van der Waals surface area contributed by atoms with Gasteiger partial charge < -0.3 is 56.8 Å². The van der Waals surface area contributed by atoms with Gasteiger partial charge in [0.25, 0.3) is 10.1 Å². The van der Waals surface area contributed by atoms with Gasteiger partial charge >= 0.3 is 5.97 Å². The van der Waals surface area contributed by atoms with Crippen LogP contribution in [0.3, 0.4) is 0 Å². The average molecular weight is 827 g/mol. The Morgan fingerprint density at radius 1 is 0.411 bits per heavy atom. The first-order valence-corrected chi connectivity index (χ1v) is 21.4. The van der Waals surface area contributed by atoms with Crippen molar-refractivity contribution in [1.82, 2.24) is 0 Å². The Labute approximate surface area is 335 Å². The molecule has 0 atom stereocenters. The molecule has 0 N–H and O–H groups in total. The number of esters is 1. The highest BCUT2D eigenvalue weighted by Gasteiger charge is 2.13. The lowest BCUT2D eigenvalue weighted by atomic mass is 10.1. The molecule has 0 saturated heterocycles. The van der Waals surface area contributed by atoms with E-state index in [0.717, 1.165) is 12.8 Å². The molecule has 1 aromatic carbocycles. The number of carbonyl (C=O) groups excluding carboxylic acids is 1. The molecule has 0 aromatic heterocycles. The summed E-state index contributed by atoms with van der Waals surface area (Å²) < 4.78 is 94.0. The van der Waals surface area contributed by atoms with E-state index in [4.69, 9.17) is 61.0 Å². The van der Waals surface area contributed by atoms with Crippen LogP contribution in [0.15, 0.2) is 35.2 Å². The Kier molecular flexibility index (Phi) is 38.5. The molecule has 17 heteroatoms. The fourth-order valence-electron chi connectivity index (χ4n) is 4.50. The van der Waals surface area contributed by atoms with E-state index in [1.165, 1.54) is 37.8 Å². The highest BCUT2D eigenvalue weighted by atomic mass is 32.2. The van der Waals surface area contributed by atoms with Crippen molar-refractivity contribution in [3.63, 3.8) is 0 Å². The summed E-state index contributed by atoms with van der Waals surface area (Å²) in [6.07, 6.45) is 7.38. The van der Waals surface area contributed by atoms with Crippen molar-refractivity contribution < 1.29 is 74.2 Å². The van der Waals surface area contributed by atoms with Gasteiger partial charge in [-0.1, -0.05) is 57.2 Å². The van der Waals surface area contributed by atoms with Crippen molar-refractivity contribution in [3.05, 3.63) is 30.3 Å². The second kappa shape index (κ2) is 41.3. The molecule has 0 amide bonds. The summed E-state index contributed by atoms with van der Waals surface area (Å²) in [5.74, 6) is -0.151. The zero-order chi connectivity index (χ0) is 40.3. The lowest BCUT2D eigenvalue weighted by Gasteiger charge is -2.09. The van der Waals surface area contributed by atoms with Crippen LogP contribution in [0.1, 0.15) is 51.9 Å². The van der Waals surface area contributed by atoms with Gasteiger partial charge in [0.05, 0.1) is 157 Å². The summed E-state index contributed by atoms with van der Waals surface area (Å²) in [4.78, 5) is 11.8. The molecule has 0 spiro atoms. The van der Waals surface area contributed by atoms with Gasteiger partial charge in [0.15, 0.2) is 0 Å². The van der Waals surface area contributed by atoms with Crippen molar-refractivity contribution in [2.75, 3.05) is 159 Å². The minimum absolute atomic E-state index is 0.0630. The summed E-state index contributed by atoms with van der Waals surface area (Å²) >= 11 is 0. The molecule has 16 nitrogen and oxygen atoms in total. The fraction of sp³-hybridized carbons (Fsp3) is 0.821. The molecule has 0 heterocycles. The summed E-state index contributed by atoms with van der Waals surface area (Å²) in [5, 5.41) is 0. The zero-order valence-electron chi connectivity index (χ0n) is 33.7. The number of benzene rings is 1. The second-order valence-electron chi connectivity index (χ2n) is 12.1. The fourth-order valence-corrected chi connectivity index (χ4v) is 5.41. The van der Waals surface area contributed by atoms with E-state index in [1.807, 2.05) is 0 Å². The van der Waals surface area contributed by atoms with Gasteiger partial charge in [-0.2, -0.15) is 8.42 Å². The number of rotatable bonds is 45. The molecule has 0 radical (unpaired) electrons. The van der Waals surface area contributed by atoms with Crippen LogP contribution in [0, 0.1) is 0 Å². The van der Waals surface area contributed by atoms with Gasteiger partial charge in [0, 0.05) is 6.42 Å². The summed E-state index contributed by atoms with van der Waals surface area (Å²) in [7, 11) is -3.76. The molecule has 328 valence electrons. The number of unbranched alkanes of at least 4 members (excludes halogenated alkanes) is 5. The Balaban J connectivity index is 1.65. The standard InChI is InChI=1S/C39H70O16S/c1-2-3-4-5-6-10-13-39(40)54-36-34-52-32-30-50-28-26-48-24-22-46-20-18-44-16-14-43-15-17-45-19-21-47-23-25-49-27-29-51-31-33-53-35-37-55-56(41,42)38-11-8-7-9-12-38/h7-9,11-12H,2-6,10,13-37H2,1H3. The van der Waals surface area contributed by atoms with Crippen LogP contribution < -0.4 is 0 Å². The molecular weight excluding hydrogens is 756 g/mol. The normalized spacial score (nSPS) is 11.7. The average Bonchev–Trinajstić information content (AvgIpc) is 3.20. The molecule has 0 aliphatic rings. The van der Waals surface area contributed by atoms with Gasteiger partial charge in [-0.05, 0) is 18.6 Å². The van der Waals surface area contributed by atoms with Gasteiger partial charge in [-0.15, -0.1) is 0 Å². The molecule has 1 aromatic rings. The summed E-state index contributed by atoms with van der Waals surface area (Å²) in [6.45, 7) is 12.0. The lowest BCUT2D eigenvalue weighted by Crippen LogP contribution is -2.16. The first-order chi connectivity index (χ1) is 27.6. The first-order valence-electron chi connectivity index (χ1n) is 20.0. The van der Waals surface area contributed by atoms with E-state index >= 15 is 0 Å². The van der Waals surface area contributed by atoms with Crippen molar-refractivity contribution in [3.8, 4) is 0 Å². The Morgan fingerprint density at radius 3 is 1.07 bits per heavy atom. The van der Waals surface area contributed by atoms with Crippen LogP contribution in [-0.2, 0) is 75.9 Å². The quantitative estimate of drug-likeness (QED) is 0.0527. The van der Waals surface area contributed by atoms with E-state index in [9.17, 15) is 13.2 Å². The molecule has 0 aliphatic heterocycles. The number of hydrogen-bond donors (Lipinski definition) is 0. The summed E-state index contributed by atoms with van der Waals surface area (Å²) in [5.41, 5.74) is 0. The van der Waals surface area contributed by atoms with Crippen LogP contribution in [0.4, 0.5) is 0 Å². The maximum atomic E-state index is 12.0. The Hall–Kier alpha value is -1.84. The number of carbonyl (C=O) groups is 1. The predicted molar refractivity (Wildman–Crippen MR) is 208 cm³/mol. The summed E-state index contributed by atoms with van der Waals surface area (Å²) in [6, 6.07) is 7.97. The van der Waals surface area contributed by atoms with Gasteiger partial charge in [-0.3, -0.25) is 8.98 Å². The van der Waals surface area contributed by atoms with E-state index in [-0.39, 0.29) is 30.7 Å². The molecule has 0 aliphatic carbocycles. The van der Waals surface area contributed by atoms with Crippen LogP contribution in [0.5, 0.6) is 0 Å². The molecule has 56 heavy (non-hydrogen) atoms. The van der Waals surface area contributed by atoms with E-state index in [0.29, 0.717) is 145 Å². The first kappa shape index (κ1) is 52.2. The minimum atomic E-state index is -3.76. The topological polar surface area (TPSA) is 171 Å². The third-order valence-corrected chi connectivity index (χ3v) is 8.77. The Bertz CT molecular complexity index is 1070. The maximum absolute atomic E-state index is 12.0. The maximum Gasteiger partial charge on any atom is 0.305 e. The molecule has 0 unspecified atom stereocenters. The highest BCUT2D eigenvalue weighted by Crippen LogP contribution is 2.11. The molecule has 0 bridgehead atoms. The van der Waals surface area contributed by atoms with E-state index < -0.39 is 10.1 Å². The monoisotopic (exact) mass is 826 g/mol. The molecule has 0 saturated carbocycles. The van der Waals surface area contributed by atoms with Crippen molar-refractivity contribution in [2.24, 2.45) is 0 Å². The smallest absolute Gasteiger partial charge is 0.305 e. The molecule has 0 fully saturated rings. The highest BCUT2D eigenvalue weighted by molar-refractivity contribution is 7.86. The van der Waals surface area contributed by atoms with Gasteiger partial charge in [0.1, 0.15) is 6.61 Å². The van der Waals surface area contributed by atoms with Gasteiger partial charge in [0.2, 0.25) is 0 Å². The third-order valence-electron chi connectivity index (χ3n) is 7.44. The van der Waals surface area contributed by atoms with Crippen LogP contribution in [0.2, 0.25) is 0 Å².